The van der Waals surface area contributed by atoms with Crippen molar-refractivity contribution in [1.82, 2.24) is 14.7 Å². The van der Waals surface area contributed by atoms with Crippen molar-refractivity contribution in [3.8, 4) is 0 Å². The van der Waals surface area contributed by atoms with Crippen LogP contribution in [-0.4, -0.2) is 24.9 Å². The number of aromatic amines is 1. The van der Waals surface area contributed by atoms with Gasteiger partial charge in [0.1, 0.15) is 5.82 Å². The first-order valence-electron chi connectivity index (χ1n) is 6.59. The number of nitrogens with zero attached hydrogens (tertiary/aromatic N) is 1. The smallest absolute Gasteiger partial charge is 0.257 e. The van der Waals surface area contributed by atoms with E-state index in [1.807, 2.05) is 6.92 Å². The molecule has 2 N–H and O–H groups in total. The summed E-state index contributed by atoms with van der Waals surface area (Å²) in [5.74, 6) is 1.46. The van der Waals surface area contributed by atoms with Gasteiger partial charge in [-0.15, -0.1) is 0 Å². The molecule has 0 aliphatic heterocycles. The molecule has 5 nitrogen and oxygen atoms in total. The van der Waals surface area contributed by atoms with Crippen molar-refractivity contribution in [3.63, 3.8) is 0 Å². The van der Waals surface area contributed by atoms with Gasteiger partial charge in [0.15, 0.2) is 5.03 Å². The summed E-state index contributed by atoms with van der Waals surface area (Å²) in [4.78, 5) is 6.88. The molecule has 0 unspecified atom stereocenters. The van der Waals surface area contributed by atoms with Gasteiger partial charge in [-0.25, -0.2) is 18.1 Å². The lowest BCUT2D eigenvalue weighted by Gasteiger charge is -2.14. The molecule has 0 radical (unpaired) electrons. The average Bonchev–Trinajstić information content (AvgIpc) is 3.24. The predicted octanol–water partition coefficient (Wildman–Crippen LogP) is 1.44. The van der Waals surface area contributed by atoms with Crippen LogP contribution in [0.2, 0.25) is 0 Å². The average molecular weight is 269 g/mol. The number of aryl methyl sites for hydroxylation is 1. The topological polar surface area (TPSA) is 74.8 Å². The lowest BCUT2D eigenvalue weighted by Crippen LogP contribution is -2.31. The molecule has 0 spiro atoms. The van der Waals surface area contributed by atoms with Crippen LogP contribution in [-0.2, 0) is 16.4 Å². The number of aromatic nitrogens is 2. The van der Waals surface area contributed by atoms with Gasteiger partial charge in [0, 0.05) is 13.0 Å². The van der Waals surface area contributed by atoms with E-state index in [9.17, 15) is 8.42 Å². The Kier molecular flexibility index (Phi) is 2.75. The van der Waals surface area contributed by atoms with E-state index in [1.165, 1.54) is 31.9 Å². The van der Waals surface area contributed by atoms with E-state index < -0.39 is 10.0 Å². The molecule has 0 bridgehead atoms. The van der Waals surface area contributed by atoms with Gasteiger partial charge in [-0.05, 0) is 37.0 Å². The van der Waals surface area contributed by atoms with Gasteiger partial charge in [-0.3, -0.25) is 0 Å². The first kappa shape index (κ1) is 12.2. The van der Waals surface area contributed by atoms with E-state index in [4.69, 9.17) is 0 Å². The zero-order chi connectivity index (χ0) is 12.8. The van der Waals surface area contributed by atoms with E-state index in [1.54, 1.807) is 0 Å². The van der Waals surface area contributed by atoms with Crippen LogP contribution in [0, 0.1) is 11.3 Å². The number of hydrogen-bond donors (Lipinski definition) is 2. The highest BCUT2D eigenvalue weighted by Gasteiger charge is 2.53. The minimum Gasteiger partial charge on any atom is -0.332 e. The van der Waals surface area contributed by atoms with E-state index in [0.29, 0.717) is 18.8 Å². The maximum atomic E-state index is 12.1. The monoisotopic (exact) mass is 269 g/mol. The van der Waals surface area contributed by atoms with E-state index in [-0.39, 0.29) is 10.4 Å². The Morgan fingerprint density at radius 3 is 2.72 bits per heavy atom. The van der Waals surface area contributed by atoms with Gasteiger partial charge in [-0.1, -0.05) is 6.92 Å². The molecular weight excluding hydrogens is 250 g/mol. The number of rotatable bonds is 6. The number of imidazole rings is 1. The Hall–Kier alpha value is -0.880. The molecule has 1 heterocycles. The molecule has 1 aromatic rings. The number of hydrogen-bond acceptors (Lipinski definition) is 3. The third-order valence-electron chi connectivity index (χ3n) is 4.18. The lowest BCUT2D eigenvalue weighted by atomic mass is 10.0. The Balaban J connectivity index is 1.67. The second kappa shape index (κ2) is 4.06. The summed E-state index contributed by atoms with van der Waals surface area (Å²) in [6.45, 7) is 2.52. The fraction of sp³-hybridized carbons (Fsp3) is 0.750. The van der Waals surface area contributed by atoms with Crippen molar-refractivity contribution < 1.29 is 8.42 Å². The van der Waals surface area contributed by atoms with Gasteiger partial charge < -0.3 is 4.98 Å². The van der Waals surface area contributed by atoms with E-state index in [0.717, 1.165) is 5.92 Å². The highest BCUT2D eigenvalue weighted by molar-refractivity contribution is 7.89. The summed E-state index contributed by atoms with van der Waals surface area (Å²) >= 11 is 0. The molecular formula is C12H19N3O2S. The maximum absolute atomic E-state index is 12.1. The Labute approximate surface area is 107 Å². The number of H-pyrrole nitrogens is 1. The Morgan fingerprint density at radius 2 is 2.22 bits per heavy atom. The fourth-order valence-electron chi connectivity index (χ4n) is 2.56. The van der Waals surface area contributed by atoms with Gasteiger partial charge in [-0.2, -0.15) is 0 Å². The van der Waals surface area contributed by atoms with Gasteiger partial charge >= 0.3 is 0 Å². The molecule has 6 heteroatoms. The fourth-order valence-corrected chi connectivity index (χ4v) is 3.64. The summed E-state index contributed by atoms with van der Waals surface area (Å²) in [6, 6.07) is 0. The van der Waals surface area contributed by atoms with Gasteiger partial charge in [0.25, 0.3) is 10.0 Å². The standard InChI is InChI=1S/C12H19N3O2S/c1-2-10-13-7-11(15-10)18(16,17)14-8-12(5-6-12)9-3-4-9/h7,9,14H,2-6,8H2,1H3,(H,13,15). The van der Waals surface area contributed by atoms with Crippen molar-refractivity contribution in [3.05, 3.63) is 12.0 Å². The van der Waals surface area contributed by atoms with Gasteiger partial charge in [0.2, 0.25) is 0 Å². The molecule has 2 fully saturated rings. The third kappa shape index (κ3) is 2.19. The predicted molar refractivity (Wildman–Crippen MR) is 67.5 cm³/mol. The van der Waals surface area contributed by atoms with Crippen LogP contribution in [0.3, 0.4) is 0 Å². The van der Waals surface area contributed by atoms with Crippen LogP contribution in [0.5, 0.6) is 0 Å². The molecule has 2 aliphatic carbocycles. The maximum Gasteiger partial charge on any atom is 0.257 e. The molecule has 18 heavy (non-hydrogen) atoms. The van der Waals surface area contributed by atoms with E-state index >= 15 is 0 Å². The molecule has 2 aliphatic rings. The molecule has 0 aromatic carbocycles. The summed E-state index contributed by atoms with van der Waals surface area (Å²) in [7, 11) is -3.42. The first-order valence-corrected chi connectivity index (χ1v) is 8.08. The molecule has 1 aromatic heterocycles. The second-order valence-electron chi connectivity index (χ2n) is 5.51. The zero-order valence-corrected chi connectivity index (χ0v) is 11.4. The molecule has 100 valence electrons. The van der Waals surface area contributed by atoms with Crippen molar-refractivity contribution in [2.75, 3.05) is 6.54 Å². The molecule has 3 rings (SSSR count). The Bertz CT molecular complexity index is 541. The number of sulfonamides is 1. The molecule has 0 saturated heterocycles. The van der Waals surface area contributed by atoms with Crippen molar-refractivity contribution in [1.29, 1.82) is 0 Å². The molecule has 0 amide bonds. The van der Waals surface area contributed by atoms with Crippen LogP contribution < -0.4 is 4.72 Å². The summed E-state index contributed by atoms with van der Waals surface area (Å²) < 4.78 is 26.9. The largest absolute Gasteiger partial charge is 0.332 e. The molecule has 2 saturated carbocycles. The quantitative estimate of drug-likeness (QED) is 0.820. The second-order valence-corrected chi connectivity index (χ2v) is 7.24. The van der Waals surface area contributed by atoms with E-state index in [2.05, 4.69) is 14.7 Å². The Morgan fingerprint density at radius 1 is 1.50 bits per heavy atom. The zero-order valence-electron chi connectivity index (χ0n) is 10.6. The first-order chi connectivity index (χ1) is 8.56. The van der Waals surface area contributed by atoms with Crippen LogP contribution in [0.4, 0.5) is 0 Å². The van der Waals surface area contributed by atoms with Crippen LogP contribution >= 0.6 is 0 Å². The van der Waals surface area contributed by atoms with Crippen molar-refractivity contribution >= 4 is 10.0 Å². The van der Waals surface area contributed by atoms with Crippen molar-refractivity contribution in [2.24, 2.45) is 11.3 Å². The molecule has 0 atom stereocenters. The minimum atomic E-state index is -3.42. The minimum absolute atomic E-state index is 0.186. The normalized spacial score (nSPS) is 22.1. The number of nitrogens with one attached hydrogen (secondary N) is 2. The third-order valence-corrected chi connectivity index (χ3v) is 5.49. The van der Waals surface area contributed by atoms with Crippen LogP contribution in [0.1, 0.15) is 38.4 Å². The highest BCUT2D eigenvalue weighted by atomic mass is 32.2. The van der Waals surface area contributed by atoms with Crippen molar-refractivity contribution in [2.45, 2.75) is 44.1 Å². The highest BCUT2D eigenvalue weighted by Crippen LogP contribution is 2.60. The summed E-state index contributed by atoms with van der Waals surface area (Å²) in [5, 5.41) is 0.186. The van der Waals surface area contributed by atoms with Crippen LogP contribution in [0.25, 0.3) is 0 Å². The van der Waals surface area contributed by atoms with Crippen LogP contribution in [0.15, 0.2) is 11.2 Å². The van der Waals surface area contributed by atoms with Gasteiger partial charge in [0.05, 0.1) is 6.20 Å². The lowest BCUT2D eigenvalue weighted by molar-refractivity contribution is 0.431. The summed E-state index contributed by atoms with van der Waals surface area (Å²) in [5.41, 5.74) is 0.278. The summed E-state index contributed by atoms with van der Waals surface area (Å²) in [6.07, 6.45) is 6.99. The SMILES string of the molecule is CCc1ncc(S(=O)(=O)NCC2(C3CC3)CC2)[nH]1.